The van der Waals surface area contributed by atoms with Gasteiger partial charge in [0.25, 0.3) is 0 Å². The first kappa shape index (κ1) is 12.7. The number of aryl methyl sites for hydroxylation is 1. The van der Waals surface area contributed by atoms with Crippen molar-refractivity contribution in [2.24, 2.45) is 0 Å². The van der Waals surface area contributed by atoms with Crippen molar-refractivity contribution in [3.05, 3.63) is 65.2 Å². The molecule has 0 unspecified atom stereocenters. The third-order valence-electron chi connectivity index (χ3n) is 3.20. The lowest BCUT2D eigenvalue weighted by Gasteiger charge is -2.17. The van der Waals surface area contributed by atoms with Crippen molar-refractivity contribution in [1.82, 2.24) is 5.32 Å². The van der Waals surface area contributed by atoms with Gasteiger partial charge in [-0.1, -0.05) is 42.0 Å². The van der Waals surface area contributed by atoms with Crippen LogP contribution < -0.4 is 5.32 Å². The summed E-state index contributed by atoms with van der Waals surface area (Å²) in [6.07, 6.45) is 0.917. The molecule has 0 fully saturated rings. The van der Waals surface area contributed by atoms with Crippen LogP contribution in [0.15, 0.2) is 48.5 Å². The Labute approximate surface area is 108 Å². The van der Waals surface area contributed by atoms with E-state index in [9.17, 15) is 5.11 Å². The van der Waals surface area contributed by atoms with Crippen LogP contribution >= 0.6 is 0 Å². The summed E-state index contributed by atoms with van der Waals surface area (Å²) in [5, 5.41) is 12.6. The summed E-state index contributed by atoms with van der Waals surface area (Å²) in [5.41, 5.74) is 3.78. The van der Waals surface area contributed by atoms with E-state index >= 15 is 0 Å². The monoisotopic (exact) mass is 241 g/mol. The van der Waals surface area contributed by atoms with Crippen molar-refractivity contribution in [2.45, 2.75) is 19.4 Å². The Morgan fingerprint density at radius 2 is 1.61 bits per heavy atom. The Morgan fingerprint density at radius 1 is 1.00 bits per heavy atom. The van der Waals surface area contributed by atoms with Crippen LogP contribution in [0.5, 0.6) is 5.75 Å². The minimum absolute atomic E-state index is 0.301. The first-order valence-corrected chi connectivity index (χ1v) is 6.21. The lowest BCUT2D eigenvalue weighted by Crippen LogP contribution is -2.18. The fourth-order valence-corrected chi connectivity index (χ4v) is 2.05. The summed E-state index contributed by atoms with van der Waals surface area (Å²) in [6, 6.07) is 16.3. The minimum atomic E-state index is 0.301. The van der Waals surface area contributed by atoms with Gasteiger partial charge in [-0.2, -0.15) is 0 Å². The molecular formula is C16H19NO. The van der Waals surface area contributed by atoms with Gasteiger partial charge in [-0.3, -0.25) is 0 Å². The zero-order valence-corrected chi connectivity index (χ0v) is 10.9. The van der Waals surface area contributed by atoms with E-state index in [-0.39, 0.29) is 0 Å². The maximum atomic E-state index is 9.28. The van der Waals surface area contributed by atoms with Gasteiger partial charge in [-0.05, 0) is 43.7 Å². The van der Waals surface area contributed by atoms with E-state index in [2.05, 4.69) is 36.5 Å². The first-order valence-electron chi connectivity index (χ1n) is 6.21. The van der Waals surface area contributed by atoms with Gasteiger partial charge < -0.3 is 10.4 Å². The van der Waals surface area contributed by atoms with Crippen LogP contribution in [0, 0.1) is 6.92 Å². The fraction of sp³-hybridized carbons (Fsp3) is 0.250. The van der Waals surface area contributed by atoms with Gasteiger partial charge in [-0.15, -0.1) is 0 Å². The van der Waals surface area contributed by atoms with Gasteiger partial charge in [-0.25, -0.2) is 0 Å². The van der Waals surface area contributed by atoms with Crippen LogP contribution in [0.25, 0.3) is 0 Å². The number of hydrogen-bond donors (Lipinski definition) is 2. The molecule has 0 heterocycles. The lowest BCUT2D eigenvalue weighted by molar-refractivity contribution is 0.475. The van der Waals surface area contributed by atoms with Crippen molar-refractivity contribution >= 4 is 0 Å². The summed E-state index contributed by atoms with van der Waals surface area (Å²) in [7, 11) is 1.98. The van der Waals surface area contributed by atoms with E-state index in [1.807, 2.05) is 19.2 Å². The summed E-state index contributed by atoms with van der Waals surface area (Å²) >= 11 is 0. The predicted octanol–water partition coefficient (Wildman–Crippen LogP) is 3.20. The summed E-state index contributed by atoms with van der Waals surface area (Å²) in [4.78, 5) is 0. The molecule has 0 aliphatic carbocycles. The molecule has 0 bridgehead atoms. The number of hydrogen-bond acceptors (Lipinski definition) is 2. The average Bonchev–Trinajstić information content (AvgIpc) is 2.39. The number of phenols is 1. The molecule has 2 aromatic rings. The van der Waals surface area contributed by atoms with Crippen LogP contribution in [-0.4, -0.2) is 12.2 Å². The lowest BCUT2D eigenvalue weighted by atomic mass is 9.98. The molecule has 1 atom stereocenters. The number of nitrogens with one attached hydrogen (secondary N) is 1. The molecule has 0 saturated heterocycles. The standard InChI is InChI=1S/C16H19NO/c1-12-3-7-14(8-4-12)16(17-2)11-13-5-9-15(18)10-6-13/h3-10,16-18H,11H2,1-2H3/t16-/m1/s1. The Hall–Kier alpha value is -1.80. The predicted molar refractivity (Wildman–Crippen MR) is 74.8 cm³/mol. The molecule has 0 aliphatic rings. The zero-order chi connectivity index (χ0) is 13.0. The van der Waals surface area contributed by atoms with Crippen molar-refractivity contribution in [2.75, 3.05) is 7.05 Å². The molecule has 2 heteroatoms. The number of phenolic OH excluding ortho intramolecular Hbond substituents is 1. The molecule has 0 amide bonds. The van der Waals surface area contributed by atoms with Gasteiger partial charge in [0.15, 0.2) is 0 Å². The molecule has 2 rings (SSSR count). The maximum Gasteiger partial charge on any atom is 0.115 e. The SMILES string of the molecule is CN[C@H](Cc1ccc(O)cc1)c1ccc(C)cc1. The van der Waals surface area contributed by atoms with Crippen molar-refractivity contribution < 1.29 is 5.11 Å². The molecule has 0 aliphatic heterocycles. The van der Waals surface area contributed by atoms with Crippen molar-refractivity contribution in [3.63, 3.8) is 0 Å². The molecule has 0 spiro atoms. The third-order valence-corrected chi connectivity index (χ3v) is 3.20. The molecular weight excluding hydrogens is 222 g/mol. The van der Waals surface area contributed by atoms with Gasteiger partial charge in [0.05, 0.1) is 0 Å². The van der Waals surface area contributed by atoms with Gasteiger partial charge >= 0.3 is 0 Å². The topological polar surface area (TPSA) is 32.3 Å². The Morgan fingerprint density at radius 3 is 2.17 bits per heavy atom. The molecule has 0 saturated carbocycles. The van der Waals surface area contributed by atoms with Crippen LogP contribution in [0.1, 0.15) is 22.7 Å². The maximum absolute atomic E-state index is 9.28. The highest BCUT2D eigenvalue weighted by Gasteiger charge is 2.09. The Kier molecular flexibility index (Phi) is 4.00. The molecule has 2 N–H and O–H groups in total. The largest absolute Gasteiger partial charge is 0.508 e. The summed E-state index contributed by atoms with van der Waals surface area (Å²) in [5.74, 6) is 0.315. The van der Waals surface area contributed by atoms with E-state index in [1.165, 1.54) is 16.7 Å². The van der Waals surface area contributed by atoms with E-state index in [4.69, 9.17) is 0 Å². The smallest absolute Gasteiger partial charge is 0.115 e. The highest BCUT2D eigenvalue weighted by molar-refractivity contribution is 5.29. The number of aromatic hydroxyl groups is 1. The van der Waals surface area contributed by atoms with Crippen molar-refractivity contribution in [3.8, 4) is 5.75 Å². The van der Waals surface area contributed by atoms with Crippen LogP contribution in [0.4, 0.5) is 0 Å². The van der Waals surface area contributed by atoms with Gasteiger partial charge in [0, 0.05) is 6.04 Å². The number of benzene rings is 2. The van der Waals surface area contributed by atoms with E-state index in [0.29, 0.717) is 11.8 Å². The van der Waals surface area contributed by atoms with E-state index in [1.54, 1.807) is 12.1 Å². The number of likely N-dealkylation sites (N-methyl/N-ethyl adjacent to an activating group) is 1. The molecule has 2 nitrogen and oxygen atoms in total. The Balaban J connectivity index is 2.14. The van der Waals surface area contributed by atoms with Crippen LogP contribution in [0.3, 0.4) is 0 Å². The molecule has 94 valence electrons. The van der Waals surface area contributed by atoms with Crippen molar-refractivity contribution in [1.29, 1.82) is 0 Å². The second-order valence-electron chi connectivity index (χ2n) is 4.62. The zero-order valence-electron chi connectivity index (χ0n) is 10.9. The average molecular weight is 241 g/mol. The highest BCUT2D eigenvalue weighted by Crippen LogP contribution is 2.20. The first-order chi connectivity index (χ1) is 8.69. The molecule has 0 aromatic heterocycles. The normalized spacial score (nSPS) is 12.3. The second kappa shape index (κ2) is 5.69. The van der Waals surface area contributed by atoms with Crippen LogP contribution in [0.2, 0.25) is 0 Å². The summed E-state index contributed by atoms with van der Waals surface area (Å²) in [6.45, 7) is 2.10. The fourth-order valence-electron chi connectivity index (χ4n) is 2.05. The second-order valence-corrected chi connectivity index (χ2v) is 4.62. The molecule has 2 aromatic carbocycles. The van der Waals surface area contributed by atoms with E-state index in [0.717, 1.165) is 6.42 Å². The molecule has 0 radical (unpaired) electrons. The Bertz CT molecular complexity index is 488. The van der Waals surface area contributed by atoms with Gasteiger partial charge in [0.1, 0.15) is 5.75 Å². The van der Waals surface area contributed by atoms with Crippen LogP contribution in [-0.2, 0) is 6.42 Å². The third kappa shape index (κ3) is 3.11. The number of rotatable bonds is 4. The highest BCUT2D eigenvalue weighted by atomic mass is 16.3. The van der Waals surface area contributed by atoms with E-state index < -0.39 is 0 Å². The quantitative estimate of drug-likeness (QED) is 0.861. The molecule has 18 heavy (non-hydrogen) atoms. The summed E-state index contributed by atoms with van der Waals surface area (Å²) < 4.78 is 0. The van der Waals surface area contributed by atoms with Gasteiger partial charge in [0.2, 0.25) is 0 Å². The minimum Gasteiger partial charge on any atom is -0.508 e.